The number of allylic oxidation sites excluding steroid dienone is 4. The summed E-state index contributed by atoms with van der Waals surface area (Å²) in [6.45, 7) is 3.38. The lowest BCUT2D eigenvalue weighted by molar-refractivity contribution is -0.861. The van der Waals surface area contributed by atoms with Gasteiger partial charge in [0.05, 0.1) is 27.7 Å². The molecule has 0 rings (SSSR count). The third-order valence-electron chi connectivity index (χ3n) is 9.51. The fourth-order valence-electron chi connectivity index (χ4n) is 6.14. The van der Waals surface area contributed by atoms with Crippen molar-refractivity contribution >= 4 is 32.6 Å². The maximum absolute atomic E-state index is 12.8. The largest absolute Gasteiger partial charge is 0.462 e. The first-order valence-electron chi connectivity index (χ1n) is 22.3. The standard InChI is InChI=1S/C44H83NO9P2/c1-6-8-10-12-14-16-18-20-22-24-26-28-30-32-34-36-42(46)52-39-41(40-53-56(50,51)55(49)44(48)38-45(3,4)5)54-43(47)37-35-33-31-29-27-25-23-21-19-17-15-13-11-9-7-2/h20-23,41,49H,6-19,24-40H2,1-5H3/p+1/b22-20-,23-21-/t41-,55?/m1/s1. The van der Waals surface area contributed by atoms with Crippen molar-refractivity contribution in [2.45, 2.75) is 200 Å². The molecule has 0 fully saturated rings. The number of ether oxygens (including phenoxy) is 2. The van der Waals surface area contributed by atoms with Crippen LogP contribution in [0, 0.1) is 0 Å². The van der Waals surface area contributed by atoms with E-state index < -0.39 is 45.3 Å². The van der Waals surface area contributed by atoms with Crippen molar-refractivity contribution in [1.29, 1.82) is 0 Å². The quantitative estimate of drug-likeness (QED) is 0.0203. The second kappa shape index (κ2) is 36.7. The maximum atomic E-state index is 12.8. The molecule has 0 heterocycles. The molecule has 10 nitrogen and oxygen atoms in total. The van der Waals surface area contributed by atoms with E-state index in [1.54, 1.807) is 21.1 Å². The number of likely N-dealkylation sites (N-methyl/N-ethyl adjacent to an activating group) is 1. The molecular formula is C44H84NO9P2+. The zero-order chi connectivity index (χ0) is 41.8. The number of quaternary nitrogens is 1. The number of rotatable bonds is 40. The topological polar surface area (TPSA) is 136 Å². The molecule has 2 unspecified atom stereocenters. The van der Waals surface area contributed by atoms with E-state index in [0.29, 0.717) is 12.8 Å². The molecule has 3 atom stereocenters. The molecule has 0 aromatic carbocycles. The molecule has 0 amide bonds. The number of unbranched alkanes of at least 4 members (excludes halogenated alkanes) is 22. The Labute approximate surface area is 343 Å². The monoisotopic (exact) mass is 833 g/mol. The van der Waals surface area contributed by atoms with Crippen molar-refractivity contribution in [2.75, 3.05) is 40.9 Å². The van der Waals surface area contributed by atoms with Crippen LogP contribution in [0.5, 0.6) is 0 Å². The lowest BCUT2D eigenvalue weighted by Crippen LogP contribution is -2.39. The zero-order valence-corrected chi connectivity index (χ0v) is 38.2. The average molecular weight is 833 g/mol. The molecule has 0 saturated carbocycles. The summed E-state index contributed by atoms with van der Waals surface area (Å²) in [5.41, 5.74) is -0.776. The summed E-state index contributed by atoms with van der Waals surface area (Å²) in [5.74, 6) is -0.972. The van der Waals surface area contributed by atoms with Crippen LogP contribution in [0.2, 0.25) is 0 Å². The first kappa shape index (κ1) is 54.6. The highest BCUT2D eigenvalue weighted by atomic mass is 32.1. The van der Waals surface area contributed by atoms with E-state index in [2.05, 4.69) is 38.2 Å². The van der Waals surface area contributed by atoms with E-state index in [1.807, 2.05) is 0 Å². The molecule has 0 bridgehead atoms. The number of nitrogens with zero attached hydrogens (tertiary/aromatic N) is 1. The van der Waals surface area contributed by atoms with Crippen LogP contribution in [0.25, 0.3) is 0 Å². The van der Waals surface area contributed by atoms with Crippen LogP contribution < -0.4 is 0 Å². The molecular weight excluding hydrogens is 748 g/mol. The minimum atomic E-state index is -4.75. The van der Waals surface area contributed by atoms with Gasteiger partial charge in [-0.15, -0.1) is 0 Å². The van der Waals surface area contributed by atoms with Crippen LogP contribution in [-0.2, 0) is 32.9 Å². The number of esters is 2. The Kier molecular flexibility index (Phi) is 35.7. The molecule has 0 aromatic rings. The van der Waals surface area contributed by atoms with E-state index in [9.17, 15) is 28.7 Å². The Morgan fingerprint density at radius 1 is 0.589 bits per heavy atom. The zero-order valence-electron chi connectivity index (χ0n) is 36.4. The minimum Gasteiger partial charge on any atom is -0.462 e. The Balaban J connectivity index is 4.58. The normalized spacial score (nSPS) is 14.3. The lowest BCUT2D eigenvalue weighted by atomic mass is 10.1. The number of carbonyl (C=O) groups is 3. The number of hydrogen-bond donors (Lipinski definition) is 2. The molecule has 2 N–H and O–H groups in total. The van der Waals surface area contributed by atoms with Crippen LogP contribution >= 0.6 is 15.1 Å². The smallest absolute Gasteiger partial charge is 0.381 e. The van der Waals surface area contributed by atoms with Gasteiger partial charge in [-0.3, -0.25) is 23.5 Å². The lowest BCUT2D eigenvalue weighted by Gasteiger charge is -2.25. The van der Waals surface area contributed by atoms with Crippen molar-refractivity contribution in [1.82, 2.24) is 0 Å². The maximum Gasteiger partial charge on any atom is 0.381 e. The molecule has 12 heteroatoms. The fraction of sp³-hybridized carbons (Fsp3) is 0.841. The molecule has 0 radical (unpaired) electrons. The van der Waals surface area contributed by atoms with Gasteiger partial charge >= 0.3 is 19.2 Å². The van der Waals surface area contributed by atoms with Crippen LogP contribution in [0.4, 0.5) is 0 Å². The van der Waals surface area contributed by atoms with E-state index in [0.717, 1.165) is 77.0 Å². The highest BCUT2D eigenvalue weighted by molar-refractivity contribution is 8.32. The van der Waals surface area contributed by atoms with Gasteiger partial charge < -0.3 is 23.7 Å². The Morgan fingerprint density at radius 3 is 1.38 bits per heavy atom. The number of carbonyl (C=O) groups excluding carboxylic acids is 3. The van der Waals surface area contributed by atoms with E-state index in [4.69, 9.17) is 14.0 Å². The molecule has 0 spiro atoms. The van der Waals surface area contributed by atoms with Gasteiger partial charge in [0, 0.05) is 12.8 Å². The van der Waals surface area contributed by atoms with Crippen LogP contribution in [-0.4, -0.2) is 78.7 Å². The molecule has 328 valence electrons. The van der Waals surface area contributed by atoms with Crippen molar-refractivity contribution in [3.63, 3.8) is 0 Å². The molecule has 56 heavy (non-hydrogen) atoms. The Morgan fingerprint density at radius 2 is 0.964 bits per heavy atom. The van der Waals surface area contributed by atoms with Crippen LogP contribution in [0.15, 0.2) is 24.3 Å². The summed E-state index contributed by atoms with van der Waals surface area (Å²) in [6, 6.07) is 0. The molecule has 0 aliphatic heterocycles. The fourth-order valence-corrected chi connectivity index (χ4v) is 9.01. The van der Waals surface area contributed by atoms with Gasteiger partial charge in [-0.25, -0.2) is 0 Å². The molecule has 0 aliphatic rings. The van der Waals surface area contributed by atoms with E-state index >= 15 is 0 Å². The van der Waals surface area contributed by atoms with Crippen LogP contribution in [0.3, 0.4) is 0 Å². The Bertz CT molecular complexity index is 1090. The summed E-state index contributed by atoms with van der Waals surface area (Å²) >= 11 is 0. The third-order valence-corrected chi connectivity index (χ3v) is 13.5. The molecule has 0 saturated heterocycles. The van der Waals surface area contributed by atoms with Crippen molar-refractivity contribution in [3.8, 4) is 0 Å². The molecule has 0 aromatic heterocycles. The number of hydrogen-bond acceptors (Lipinski definition) is 8. The summed E-state index contributed by atoms with van der Waals surface area (Å²) in [4.78, 5) is 58.4. The van der Waals surface area contributed by atoms with Crippen molar-refractivity contribution < 1.29 is 47.2 Å². The van der Waals surface area contributed by atoms with Crippen molar-refractivity contribution in [3.05, 3.63) is 24.3 Å². The highest BCUT2D eigenvalue weighted by Crippen LogP contribution is 2.71. The van der Waals surface area contributed by atoms with Gasteiger partial charge in [0.15, 0.2) is 6.10 Å². The van der Waals surface area contributed by atoms with Gasteiger partial charge in [-0.2, -0.15) is 0 Å². The SMILES string of the molecule is CCCCCCCC/C=C\CCCCCCCC(=O)OC[C@H](COP(=O)(O)P(O)C(=O)C[N+](C)(C)C)OC(=O)CCCCCCC/C=C\CCCCCCCC. The van der Waals surface area contributed by atoms with Crippen molar-refractivity contribution in [2.24, 2.45) is 0 Å². The second-order valence-corrected chi connectivity index (χ2v) is 21.4. The van der Waals surface area contributed by atoms with Gasteiger partial charge in [0.25, 0.3) is 0 Å². The van der Waals surface area contributed by atoms with E-state index in [1.165, 1.54) is 77.0 Å². The predicted octanol–water partition coefficient (Wildman–Crippen LogP) is 12.3. The predicted molar refractivity (Wildman–Crippen MR) is 233 cm³/mol. The molecule has 0 aliphatic carbocycles. The third kappa shape index (κ3) is 35.7. The van der Waals surface area contributed by atoms with Gasteiger partial charge in [-0.1, -0.05) is 141 Å². The first-order chi connectivity index (χ1) is 26.8. The summed E-state index contributed by atoms with van der Waals surface area (Å²) < 4.78 is 29.0. The van der Waals surface area contributed by atoms with Gasteiger partial charge in [0.1, 0.15) is 13.2 Å². The van der Waals surface area contributed by atoms with Gasteiger partial charge in [-0.05, 0) is 64.2 Å². The summed E-state index contributed by atoms with van der Waals surface area (Å²) in [5, 5.41) is 0. The van der Waals surface area contributed by atoms with Crippen LogP contribution in [0.1, 0.15) is 194 Å². The summed E-state index contributed by atoms with van der Waals surface area (Å²) in [7, 11) is -2.57. The highest BCUT2D eigenvalue weighted by Gasteiger charge is 2.40. The Hall–Kier alpha value is -1.41. The van der Waals surface area contributed by atoms with E-state index in [-0.39, 0.29) is 30.5 Å². The second-order valence-electron chi connectivity index (χ2n) is 16.4. The summed E-state index contributed by atoms with van der Waals surface area (Å²) in [6.07, 6.45) is 38.2. The first-order valence-corrected chi connectivity index (χ1v) is 25.8. The average Bonchev–Trinajstić information content (AvgIpc) is 3.14. The van der Waals surface area contributed by atoms with Gasteiger partial charge in [0.2, 0.25) is 13.4 Å². The minimum absolute atomic E-state index is 0.154.